The standard InChI is InChI=1S/C14H11BrN2S2/c15-14-10(4-1-7-16-14)17-13(11-5-2-8-18-11)12-6-3-9-19-12/h1-9,13,17H. The molecule has 5 heteroatoms. The van der Waals surface area contributed by atoms with Crippen LogP contribution in [0.1, 0.15) is 15.8 Å². The van der Waals surface area contributed by atoms with E-state index in [-0.39, 0.29) is 6.04 Å². The Labute approximate surface area is 128 Å². The van der Waals surface area contributed by atoms with Crippen LogP contribution in [0.4, 0.5) is 5.69 Å². The van der Waals surface area contributed by atoms with E-state index in [0.29, 0.717) is 0 Å². The summed E-state index contributed by atoms with van der Waals surface area (Å²) in [5.41, 5.74) is 1.01. The molecule has 0 saturated heterocycles. The van der Waals surface area contributed by atoms with Crippen LogP contribution in [-0.2, 0) is 0 Å². The molecule has 0 radical (unpaired) electrons. The summed E-state index contributed by atoms with van der Waals surface area (Å²) in [5, 5.41) is 7.78. The van der Waals surface area contributed by atoms with Crippen LogP contribution in [0.15, 0.2) is 58.0 Å². The second kappa shape index (κ2) is 5.86. The lowest BCUT2D eigenvalue weighted by Crippen LogP contribution is -2.10. The number of hydrogen-bond acceptors (Lipinski definition) is 4. The SMILES string of the molecule is Brc1ncccc1NC(c1cccs1)c1cccs1. The Morgan fingerprint density at radius 3 is 2.21 bits per heavy atom. The zero-order valence-electron chi connectivity index (χ0n) is 9.92. The minimum absolute atomic E-state index is 0.181. The van der Waals surface area contributed by atoms with E-state index in [0.717, 1.165) is 10.3 Å². The van der Waals surface area contributed by atoms with Crippen molar-refractivity contribution in [3.05, 3.63) is 67.7 Å². The predicted octanol–water partition coefficient (Wildman–Crippen LogP) is 5.17. The van der Waals surface area contributed by atoms with Gasteiger partial charge in [0, 0.05) is 16.0 Å². The summed E-state index contributed by atoms with van der Waals surface area (Å²) in [7, 11) is 0. The Morgan fingerprint density at radius 2 is 1.68 bits per heavy atom. The van der Waals surface area contributed by atoms with Gasteiger partial charge in [0.05, 0.1) is 11.7 Å². The number of nitrogens with zero attached hydrogens (tertiary/aromatic N) is 1. The summed E-state index contributed by atoms with van der Waals surface area (Å²) in [6.07, 6.45) is 1.78. The molecule has 0 aliphatic rings. The number of hydrogen-bond donors (Lipinski definition) is 1. The van der Waals surface area contributed by atoms with Gasteiger partial charge in [0.25, 0.3) is 0 Å². The Morgan fingerprint density at radius 1 is 1.00 bits per heavy atom. The van der Waals surface area contributed by atoms with E-state index in [1.54, 1.807) is 28.9 Å². The summed E-state index contributed by atoms with van der Waals surface area (Å²) in [6, 6.07) is 12.6. The maximum atomic E-state index is 4.26. The molecule has 0 aliphatic heterocycles. The van der Waals surface area contributed by atoms with E-state index < -0.39 is 0 Å². The molecular formula is C14H11BrN2S2. The van der Waals surface area contributed by atoms with Gasteiger partial charge in [-0.2, -0.15) is 0 Å². The van der Waals surface area contributed by atoms with Crippen molar-refractivity contribution in [3.8, 4) is 0 Å². The number of aromatic nitrogens is 1. The first-order valence-electron chi connectivity index (χ1n) is 5.78. The van der Waals surface area contributed by atoms with Gasteiger partial charge in [-0.15, -0.1) is 22.7 Å². The molecule has 2 nitrogen and oxygen atoms in total. The molecule has 0 fully saturated rings. The Bertz CT molecular complexity index is 601. The molecule has 0 spiro atoms. The zero-order chi connectivity index (χ0) is 13.1. The number of nitrogens with one attached hydrogen (secondary N) is 1. The highest BCUT2D eigenvalue weighted by molar-refractivity contribution is 9.10. The third-order valence-corrected chi connectivity index (χ3v) is 5.22. The van der Waals surface area contributed by atoms with Gasteiger partial charge in [0.1, 0.15) is 4.60 Å². The fourth-order valence-electron chi connectivity index (χ4n) is 1.84. The first kappa shape index (κ1) is 12.8. The molecule has 0 aromatic carbocycles. The number of pyridine rings is 1. The minimum Gasteiger partial charge on any atom is -0.371 e. The molecule has 0 aliphatic carbocycles. The lowest BCUT2D eigenvalue weighted by Gasteiger charge is -2.18. The molecule has 1 N–H and O–H groups in total. The second-order valence-corrected chi connectivity index (χ2v) is 6.66. The van der Waals surface area contributed by atoms with Crippen LogP contribution in [0.25, 0.3) is 0 Å². The van der Waals surface area contributed by atoms with Crippen LogP contribution in [0.2, 0.25) is 0 Å². The molecule has 0 amide bonds. The van der Waals surface area contributed by atoms with Gasteiger partial charge in [-0.25, -0.2) is 4.98 Å². The second-order valence-electron chi connectivity index (χ2n) is 3.95. The van der Waals surface area contributed by atoms with E-state index in [9.17, 15) is 0 Å². The number of anilines is 1. The van der Waals surface area contributed by atoms with E-state index in [1.807, 2.05) is 12.1 Å². The summed E-state index contributed by atoms with van der Waals surface area (Å²) in [6.45, 7) is 0. The van der Waals surface area contributed by atoms with Gasteiger partial charge in [-0.05, 0) is 51.0 Å². The largest absolute Gasteiger partial charge is 0.371 e. The predicted molar refractivity (Wildman–Crippen MR) is 86.0 cm³/mol. The van der Waals surface area contributed by atoms with Gasteiger partial charge < -0.3 is 5.32 Å². The molecule has 0 atom stereocenters. The first-order valence-corrected chi connectivity index (χ1v) is 8.33. The van der Waals surface area contributed by atoms with Crippen molar-refractivity contribution in [2.45, 2.75) is 6.04 Å². The maximum Gasteiger partial charge on any atom is 0.129 e. The van der Waals surface area contributed by atoms with Crippen LogP contribution < -0.4 is 5.32 Å². The smallest absolute Gasteiger partial charge is 0.129 e. The average Bonchev–Trinajstić information content (AvgIpc) is 3.11. The van der Waals surface area contributed by atoms with Crippen LogP contribution in [0.5, 0.6) is 0 Å². The zero-order valence-corrected chi connectivity index (χ0v) is 13.1. The monoisotopic (exact) mass is 350 g/mol. The third-order valence-electron chi connectivity index (χ3n) is 2.71. The summed E-state index contributed by atoms with van der Waals surface area (Å²) in [4.78, 5) is 6.86. The average molecular weight is 351 g/mol. The number of halogens is 1. The quantitative estimate of drug-likeness (QED) is 0.656. The van der Waals surface area contributed by atoms with Gasteiger partial charge in [0.2, 0.25) is 0 Å². The van der Waals surface area contributed by atoms with Crippen molar-refractivity contribution in [1.29, 1.82) is 0 Å². The topological polar surface area (TPSA) is 24.9 Å². The molecule has 0 bridgehead atoms. The molecule has 3 heterocycles. The molecule has 0 saturated carbocycles. The molecule has 0 unspecified atom stereocenters. The third kappa shape index (κ3) is 2.88. The highest BCUT2D eigenvalue weighted by atomic mass is 79.9. The van der Waals surface area contributed by atoms with Crippen molar-refractivity contribution in [2.75, 3.05) is 5.32 Å². The van der Waals surface area contributed by atoms with Crippen molar-refractivity contribution in [2.24, 2.45) is 0 Å². The van der Waals surface area contributed by atoms with Crippen LogP contribution >= 0.6 is 38.6 Å². The Hall–Kier alpha value is -1.17. The van der Waals surface area contributed by atoms with Crippen LogP contribution in [0, 0.1) is 0 Å². The van der Waals surface area contributed by atoms with Crippen molar-refractivity contribution in [3.63, 3.8) is 0 Å². The Kier molecular flexibility index (Phi) is 3.96. The van der Waals surface area contributed by atoms with Crippen LogP contribution in [-0.4, -0.2) is 4.98 Å². The Balaban J connectivity index is 1.95. The molecule has 3 aromatic rings. The van der Waals surface area contributed by atoms with Gasteiger partial charge in [-0.3, -0.25) is 0 Å². The molecule has 3 rings (SSSR count). The molecule has 19 heavy (non-hydrogen) atoms. The first-order chi connectivity index (χ1) is 9.34. The lowest BCUT2D eigenvalue weighted by atomic mass is 10.2. The molecule has 3 aromatic heterocycles. The fraction of sp³-hybridized carbons (Fsp3) is 0.0714. The van der Waals surface area contributed by atoms with E-state index in [4.69, 9.17) is 0 Å². The van der Waals surface area contributed by atoms with Crippen molar-refractivity contribution >= 4 is 44.3 Å². The normalized spacial score (nSPS) is 10.8. The minimum atomic E-state index is 0.181. The van der Waals surface area contributed by atoms with Crippen molar-refractivity contribution < 1.29 is 0 Å². The molecular weight excluding hydrogens is 340 g/mol. The summed E-state index contributed by atoms with van der Waals surface area (Å²) in [5.74, 6) is 0. The highest BCUT2D eigenvalue weighted by Crippen LogP contribution is 2.33. The van der Waals surface area contributed by atoms with Gasteiger partial charge >= 0.3 is 0 Å². The number of rotatable bonds is 4. The van der Waals surface area contributed by atoms with Gasteiger partial charge in [0.15, 0.2) is 0 Å². The van der Waals surface area contributed by atoms with E-state index in [2.05, 4.69) is 61.3 Å². The lowest BCUT2D eigenvalue weighted by molar-refractivity contribution is 0.985. The van der Waals surface area contributed by atoms with E-state index in [1.165, 1.54) is 9.75 Å². The highest BCUT2D eigenvalue weighted by Gasteiger charge is 2.17. The fourth-order valence-corrected chi connectivity index (χ4v) is 3.87. The van der Waals surface area contributed by atoms with E-state index >= 15 is 0 Å². The van der Waals surface area contributed by atoms with Crippen LogP contribution in [0.3, 0.4) is 0 Å². The van der Waals surface area contributed by atoms with Gasteiger partial charge in [-0.1, -0.05) is 12.1 Å². The summed E-state index contributed by atoms with van der Waals surface area (Å²) < 4.78 is 0.841. The number of thiophene rings is 2. The maximum absolute atomic E-state index is 4.26. The van der Waals surface area contributed by atoms with Crippen molar-refractivity contribution in [1.82, 2.24) is 4.98 Å². The molecule has 96 valence electrons. The summed E-state index contributed by atoms with van der Waals surface area (Å²) >= 11 is 7.01.